The van der Waals surface area contributed by atoms with Gasteiger partial charge in [-0.15, -0.1) is 0 Å². The standard InChI is InChI=1S/C19H18ClFN4/c20-16-5-1-14(2-6-16)9-10-22-18-11-19(25-13-24-18)23-12-15-3-7-17(21)8-4-15/h1-8,11,13H,9-10,12H2,(H2,22,23,24,25). The summed E-state index contributed by atoms with van der Waals surface area (Å²) < 4.78 is 12.9. The molecule has 0 unspecified atom stereocenters. The van der Waals surface area contributed by atoms with Gasteiger partial charge in [0.15, 0.2) is 0 Å². The number of benzene rings is 2. The summed E-state index contributed by atoms with van der Waals surface area (Å²) in [6.45, 7) is 1.33. The maximum absolute atomic E-state index is 12.9. The van der Waals surface area contributed by atoms with Crippen molar-refractivity contribution < 1.29 is 4.39 Å². The van der Waals surface area contributed by atoms with Gasteiger partial charge >= 0.3 is 0 Å². The van der Waals surface area contributed by atoms with Crippen LogP contribution in [0.3, 0.4) is 0 Å². The Bertz CT molecular complexity index is 806. The van der Waals surface area contributed by atoms with E-state index in [-0.39, 0.29) is 5.82 Å². The first-order valence-corrected chi connectivity index (χ1v) is 8.35. The number of nitrogens with zero attached hydrogens (tertiary/aromatic N) is 2. The molecular weight excluding hydrogens is 339 g/mol. The molecule has 3 rings (SSSR count). The molecule has 0 amide bonds. The van der Waals surface area contributed by atoms with Crippen LogP contribution in [0.5, 0.6) is 0 Å². The summed E-state index contributed by atoms with van der Waals surface area (Å²) in [5.41, 5.74) is 2.19. The van der Waals surface area contributed by atoms with Crippen molar-refractivity contribution in [1.82, 2.24) is 9.97 Å². The largest absolute Gasteiger partial charge is 0.370 e. The summed E-state index contributed by atoms with van der Waals surface area (Å²) in [5.74, 6) is 1.23. The van der Waals surface area contributed by atoms with Crippen molar-refractivity contribution in [3.63, 3.8) is 0 Å². The van der Waals surface area contributed by atoms with Crippen molar-refractivity contribution in [1.29, 1.82) is 0 Å². The highest BCUT2D eigenvalue weighted by Crippen LogP contribution is 2.12. The molecule has 0 fully saturated rings. The van der Waals surface area contributed by atoms with Gasteiger partial charge in [-0.1, -0.05) is 35.9 Å². The Morgan fingerprint density at radius 2 is 1.48 bits per heavy atom. The summed E-state index contributed by atoms with van der Waals surface area (Å²) in [7, 11) is 0. The second kappa shape index (κ2) is 8.44. The maximum Gasteiger partial charge on any atom is 0.131 e. The SMILES string of the molecule is Fc1ccc(CNc2cc(NCCc3ccc(Cl)cc3)ncn2)cc1. The van der Waals surface area contributed by atoms with E-state index in [1.165, 1.54) is 24.0 Å². The van der Waals surface area contributed by atoms with Gasteiger partial charge < -0.3 is 10.6 Å². The van der Waals surface area contributed by atoms with Crippen LogP contribution >= 0.6 is 11.6 Å². The third kappa shape index (κ3) is 5.43. The minimum absolute atomic E-state index is 0.238. The Morgan fingerprint density at radius 3 is 2.20 bits per heavy atom. The molecule has 0 aliphatic heterocycles. The van der Waals surface area contributed by atoms with Crippen LogP contribution in [0, 0.1) is 5.82 Å². The average molecular weight is 357 g/mol. The lowest BCUT2D eigenvalue weighted by Gasteiger charge is -2.09. The number of halogens is 2. The van der Waals surface area contributed by atoms with Crippen molar-refractivity contribution in [3.8, 4) is 0 Å². The molecule has 128 valence electrons. The van der Waals surface area contributed by atoms with Gasteiger partial charge in [0, 0.05) is 24.2 Å². The zero-order valence-electron chi connectivity index (χ0n) is 13.5. The molecule has 0 saturated carbocycles. The quantitative estimate of drug-likeness (QED) is 0.652. The van der Waals surface area contributed by atoms with E-state index in [0.717, 1.165) is 29.4 Å². The van der Waals surface area contributed by atoms with Crippen molar-refractivity contribution in [2.45, 2.75) is 13.0 Å². The van der Waals surface area contributed by atoms with E-state index >= 15 is 0 Å². The number of rotatable bonds is 7. The van der Waals surface area contributed by atoms with E-state index in [4.69, 9.17) is 11.6 Å². The van der Waals surface area contributed by atoms with Crippen LogP contribution in [0.2, 0.25) is 5.02 Å². The molecule has 1 heterocycles. The minimum Gasteiger partial charge on any atom is -0.370 e. The summed E-state index contributed by atoms with van der Waals surface area (Å²) in [5, 5.41) is 7.23. The Labute approximate surface area is 151 Å². The normalized spacial score (nSPS) is 10.5. The van der Waals surface area contributed by atoms with Gasteiger partial charge in [-0.2, -0.15) is 0 Å². The predicted molar refractivity (Wildman–Crippen MR) is 99.4 cm³/mol. The first-order valence-electron chi connectivity index (χ1n) is 7.98. The summed E-state index contributed by atoms with van der Waals surface area (Å²) >= 11 is 5.88. The third-order valence-corrected chi connectivity index (χ3v) is 3.94. The molecule has 0 aliphatic rings. The molecule has 0 atom stereocenters. The molecule has 25 heavy (non-hydrogen) atoms. The van der Waals surface area contributed by atoms with E-state index in [1.54, 1.807) is 12.1 Å². The summed E-state index contributed by atoms with van der Waals surface area (Å²) in [6, 6.07) is 16.0. The maximum atomic E-state index is 12.9. The summed E-state index contributed by atoms with van der Waals surface area (Å²) in [4.78, 5) is 8.42. The smallest absolute Gasteiger partial charge is 0.131 e. The van der Waals surface area contributed by atoms with E-state index in [9.17, 15) is 4.39 Å². The van der Waals surface area contributed by atoms with Crippen LogP contribution in [0.1, 0.15) is 11.1 Å². The first-order chi connectivity index (χ1) is 12.2. The van der Waals surface area contributed by atoms with Gasteiger partial charge in [-0.05, 0) is 41.8 Å². The fraction of sp³-hybridized carbons (Fsp3) is 0.158. The molecule has 0 radical (unpaired) electrons. The zero-order chi connectivity index (χ0) is 17.5. The Balaban J connectivity index is 1.50. The lowest BCUT2D eigenvalue weighted by atomic mass is 10.1. The van der Waals surface area contributed by atoms with Crippen LogP contribution in [0.4, 0.5) is 16.0 Å². The molecule has 1 aromatic heterocycles. The van der Waals surface area contributed by atoms with Gasteiger partial charge in [0.1, 0.15) is 23.8 Å². The van der Waals surface area contributed by atoms with E-state index in [1.807, 2.05) is 30.3 Å². The van der Waals surface area contributed by atoms with E-state index in [2.05, 4.69) is 20.6 Å². The second-order valence-electron chi connectivity index (χ2n) is 5.57. The molecule has 0 spiro atoms. The van der Waals surface area contributed by atoms with Gasteiger partial charge in [0.05, 0.1) is 0 Å². The number of hydrogen-bond donors (Lipinski definition) is 2. The van der Waals surface area contributed by atoms with Crippen LogP contribution in [-0.4, -0.2) is 16.5 Å². The summed E-state index contributed by atoms with van der Waals surface area (Å²) in [6.07, 6.45) is 2.39. The molecule has 0 saturated heterocycles. The molecule has 0 aliphatic carbocycles. The monoisotopic (exact) mass is 356 g/mol. The van der Waals surface area contributed by atoms with Crippen LogP contribution < -0.4 is 10.6 Å². The molecular formula is C19H18ClFN4. The number of aromatic nitrogens is 2. The topological polar surface area (TPSA) is 49.8 Å². The van der Waals surface area contributed by atoms with Gasteiger partial charge in [-0.25, -0.2) is 14.4 Å². The highest BCUT2D eigenvalue weighted by molar-refractivity contribution is 6.30. The lowest BCUT2D eigenvalue weighted by Crippen LogP contribution is -2.08. The van der Waals surface area contributed by atoms with Gasteiger partial charge in [-0.3, -0.25) is 0 Å². The minimum atomic E-state index is -0.238. The van der Waals surface area contributed by atoms with Crippen molar-refractivity contribution in [2.75, 3.05) is 17.2 Å². The van der Waals surface area contributed by atoms with Crippen molar-refractivity contribution >= 4 is 23.2 Å². The Kier molecular flexibility index (Phi) is 5.80. The molecule has 3 aromatic rings. The third-order valence-electron chi connectivity index (χ3n) is 3.69. The number of hydrogen-bond acceptors (Lipinski definition) is 4. The molecule has 4 nitrogen and oxygen atoms in total. The number of anilines is 2. The first kappa shape index (κ1) is 17.2. The van der Waals surface area contributed by atoms with E-state index in [0.29, 0.717) is 12.4 Å². The lowest BCUT2D eigenvalue weighted by molar-refractivity contribution is 0.627. The fourth-order valence-electron chi connectivity index (χ4n) is 2.33. The highest BCUT2D eigenvalue weighted by atomic mass is 35.5. The molecule has 0 bridgehead atoms. The second-order valence-corrected chi connectivity index (χ2v) is 6.01. The van der Waals surface area contributed by atoms with Gasteiger partial charge in [0.25, 0.3) is 0 Å². The Morgan fingerprint density at radius 1 is 0.840 bits per heavy atom. The molecule has 2 N–H and O–H groups in total. The van der Waals surface area contributed by atoms with Crippen molar-refractivity contribution in [3.05, 3.63) is 82.9 Å². The molecule has 2 aromatic carbocycles. The fourth-order valence-corrected chi connectivity index (χ4v) is 2.46. The highest BCUT2D eigenvalue weighted by Gasteiger charge is 2.00. The number of nitrogens with one attached hydrogen (secondary N) is 2. The van der Waals surface area contributed by atoms with Crippen LogP contribution in [-0.2, 0) is 13.0 Å². The molecule has 6 heteroatoms. The van der Waals surface area contributed by atoms with Crippen LogP contribution in [0.15, 0.2) is 60.9 Å². The predicted octanol–water partition coefficient (Wildman–Crippen LogP) is 4.54. The Hall–Kier alpha value is -2.66. The van der Waals surface area contributed by atoms with E-state index < -0.39 is 0 Å². The average Bonchev–Trinajstić information content (AvgIpc) is 2.63. The van der Waals surface area contributed by atoms with Crippen molar-refractivity contribution in [2.24, 2.45) is 0 Å². The van der Waals surface area contributed by atoms with Gasteiger partial charge in [0.2, 0.25) is 0 Å². The zero-order valence-corrected chi connectivity index (χ0v) is 14.3. The van der Waals surface area contributed by atoms with Crippen LogP contribution in [0.25, 0.3) is 0 Å².